The van der Waals surface area contributed by atoms with E-state index in [1.54, 1.807) is 0 Å². The Morgan fingerprint density at radius 1 is 0.923 bits per heavy atom. The molecule has 0 aliphatic heterocycles. The van der Waals surface area contributed by atoms with Gasteiger partial charge in [0.05, 0.1) is 12.3 Å². The SMILES string of the molecule is OCc1c(-c2ccc(OC(F)(F)F)cc2)ccc2nnc(C(F)(F)F)n12. The maximum atomic E-state index is 13.1. The number of pyridine rings is 1. The molecule has 0 saturated heterocycles. The topological polar surface area (TPSA) is 59.7 Å². The van der Waals surface area contributed by atoms with Gasteiger partial charge in [-0.2, -0.15) is 13.2 Å². The Balaban J connectivity index is 2.10. The van der Waals surface area contributed by atoms with Crippen LogP contribution in [0, 0.1) is 0 Å². The average molecular weight is 377 g/mol. The second-order valence-corrected chi connectivity index (χ2v) is 5.14. The molecule has 3 aromatic rings. The number of hydrogen-bond acceptors (Lipinski definition) is 4. The Bertz CT molecular complexity index is 931. The van der Waals surface area contributed by atoms with Crippen LogP contribution in [0.5, 0.6) is 5.75 Å². The molecule has 0 amide bonds. The first-order chi connectivity index (χ1) is 12.1. The summed E-state index contributed by atoms with van der Waals surface area (Å²) in [4.78, 5) is 0. The van der Waals surface area contributed by atoms with Crippen molar-refractivity contribution in [1.29, 1.82) is 0 Å². The number of benzene rings is 1. The molecule has 1 aromatic carbocycles. The van der Waals surface area contributed by atoms with E-state index in [-0.39, 0.29) is 22.5 Å². The van der Waals surface area contributed by atoms with Gasteiger partial charge in [-0.25, -0.2) is 0 Å². The summed E-state index contributed by atoms with van der Waals surface area (Å²) in [5.41, 5.74) is 0.197. The van der Waals surface area contributed by atoms with Crippen molar-refractivity contribution in [2.24, 2.45) is 0 Å². The molecule has 26 heavy (non-hydrogen) atoms. The van der Waals surface area contributed by atoms with Crippen LogP contribution < -0.4 is 4.74 Å². The van der Waals surface area contributed by atoms with Crippen LogP contribution in [0.25, 0.3) is 16.8 Å². The molecule has 1 N–H and O–H groups in total. The summed E-state index contributed by atoms with van der Waals surface area (Å²) < 4.78 is 80.3. The maximum Gasteiger partial charge on any atom is 0.573 e. The molecular weight excluding hydrogens is 368 g/mol. The summed E-state index contributed by atoms with van der Waals surface area (Å²) in [6.45, 7) is -0.769. The summed E-state index contributed by atoms with van der Waals surface area (Å²) in [6.07, 6.45) is -9.66. The van der Waals surface area contributed by atoms with Crippen LogP contribution >= 0.6 is 0 Å². The number of halogens is 6. The fraction of sp³-hybridized carbons (Fsp3) is 0.200. The number of hydrogen-bond donors (Lipinski definition) is 1. The van der Waals surface area contributed by atoms with Crippen LogP contribution in [0.1, 0.15) is 11.5 Å². The lowest BCUT2D eigenvalue weighted by Crippen LogP contribution is -2.17. The van der Waals surface area contributed by atoms with E-state index in [2.05, 4.69) is 14.9 Å². The molecule has 138 valence electrons. The first kappa shape index (κ1) is 18.0. The minimum absolute atomic E-state index is 0.123. The van der Waals surface area contributed by atoms with Gasteiger partial charge in [0.15, 0.2) is 5.65 Å². The van der Waals surface area contributed by atoms with Gasteiger partial charge in [0, 0.05) is 5.56 Å². The molecule has 0 unspecified atom stereocenters. The zero-order valence-electron chi connectivity index (χ0n) is 12.6. The highest BCUT2D eigenvalue weighted by atomic mass is 19.4. The first-order valence-electron chi connectivity index (χ1n) is 7.01. The molecule has 3 rings (SSSR count). The Hall–Kier alpha value is -2.82. The lowest BCUT2D eigenvalue weighted by Gasteiger charge is -2.14. The molecule has 0 aliphatic carbocycles. The van der Waals surface area contributed by atoms with Crippen LogP contribution in [0.3, 0.4) is 0 Å². The third-order valence-corrected chi connectivity index (χ3v) is 3.47. The van der Waals surface area contributed by atoms with Gasteiger partial charge in [-0.3, -0.25) is 4.40 Å². The molecule has 0 fully saturated rings. The largest absolute Gasteiger partial charge is 0.573 e. The van der Waals surface area contributed by atoms with Gasteiger partial charge >= 0.3 is 12.5 Å². The van der Waals surface area contributed by atoms with Crippen molar-refractivity contribution < 1.29 is 36.2 Å². The van der Waals surface area contributed by atoms with Gasteiger partial charge in [-0.1, -0.05) is 12.1 Å². The van der Waals surface area contributed by atoms with Gasteiger partial charge in [-0.05, 0) is 29.8 Å². The Kier molecular flexibility index (Phi) is 4.26. The van der Waals surface area contributed by atoms with Gasteiger partial charge < -0.3 is 9.84 Å². The van der Waals surface area contributed by atoms with E-state index in [0.717, 1.165) is 12.1 Å². The molecule has 2 heterocycles. The Morgan fingerprint density at radius 3 is 2.12 bits per heavy atom. The van der Waals surface area contributed by atoms with Crippen molar-refractivity contribution >= 4 is 5.65 Å². The quantitative estimate of drug-likeness (QED) is 0.706. The van der Waals surface area contributed by atoms with Crippen LogP contribution in [0.15, 0.2) is 36.4 Å². The highest BCUT2D eigenvalue weighted by molar-refractivity contribution is 5.69. The van der Waals surface area contributed by atoms with Crippen LogP contribution in [-0.2, 0) is 12.8 Å². The van der Waals surface area contributed by atoms with Crippen molar-refractivity contribution in [2.45, 2.75) is 19.1 Å². The second kappa shape index (κ2) is 6.16. The number of aromatic nitrogens is 3. The highest BCUT2D eigenvalue weighted by Crippen LogP contribution is 2.33. The van der Waals surface area contributed by atoms with Crippen molar-refractivity contribution in [1.82, 2.24) is 14.6 Å². The summed E-state index contributed by atoms with van der Waals surface area (Å²) in [5, 5.41) is 16.1. The van der Waals surface area contributed by atoms with Crippen molar-refractivity contribution in [3.8, 4) is 16.9 Å². The number of nitrogens with zero attached hydrogens (tertiary/aromatic N) is 3. The van der Waals surface area contributed by atoms with Crippen molar-refractivity contribution in [3.05, 3.63) is 47.9 Å². The van der Waals surface area contributed by atoms with Gasteiger partial charge in [0.2, 0.25) is 5.82 Å². The third kappa shape index (κ3) is 3.43. The second-order valence-electron chi connectivity index (χ2n) is 5.14. The first-order valence-corrected chi connectivity index (χ1v) is 7.01. The van der Waals surface area contributed by atoms with Crippen molar-refractivity contribution in [3.63, 3.8) is 0 Å². The van der Waals surface area contributed by atoms with Gasteiger partial charge in [0.25, 0.3) is 0 Å². The van der Waals surface area contributed by atoms with Crippen LogP contribution in [0.2, 0.25) is 0 Å². The molecule has 2 aromatic heterocycles. The lowest BCUT2D eigenvalue weighted by molar-refractivity contribution is -0.274. The maximum absolute atomic E-state index is 13.1. The van der Waals surface area contributed by atoms with Gasteiger partial charge in [0.1, 0.15) is 5.75 Å². The number of aliphatic hydroxyl groups is 1. The van der Waals surface area contributed by atoms with E-state index >= 15 is 0 Å². The monoisotopic (exact) mass is 377 g/mol. The third-order valence-electron chi connectivity index (χ3n) is 3.47. The summed E-state index contributed by atoms with van der Waals surface area (Å²) in [6, 6.07) is 7.17. The lowest BCUT2D eigenvalue weighted by atomic mass is 10.0. The standard InChI is InChI=1S/C15H9F6N3O2/c16-14(17,18)13-23-22-12-6-5-10(11(7-25)24(12)13)8-1-3-9(4-2-8)26-15(19,20)21/h1-6,25H,7H2. The number of rotatable bonds is 3. The number of ether oxygens (including phenoxy) is 1. The molecule has 0 aliphatic rings. The number of alkyl halides is 6. The Labute approximate surface area is 141 Å². The molecule has 0 spiro atoms. The normalized spacial score (nSPS) is 12.6. The number of fused-ring (bicyclic) bond motifs is 1. The molecule has 0 atom stereocenters. The van der Waals surface area contributed by atoms with Crippen LogP contribution in [0.4, 0.5) is 26.3 Å². The van der Waals surface area contributed by atoms with E-state index in [1.165, 1.54) is 24.3 Å². The predicted octanol–water partition coefficient (Wildman–Crippen LogP) is 3.81. The van der Waals surface area contributed by atoms with Crippen molar-refractivity contribution in [2.75, 3.05) is 0 Å². The van der Waals surface area contributed by atoms with E-state index < -0.39 is 30.7 Å². The molecule has 11 heteroatoms. The zero-order valence-corrected chi connectivity index (χ0v) is 12.6. The van der Waals surface area contributed by atoms with E-state index in [4.69, 9.17) is 0 Å². The van der Waals surface area contributed by atoms with Gasteiger partial charge in [-0.15, -0.1) is 23.4 Å². The van der Waals surface area contributed by atoms with E-state index in [1.807, 2.05) is 0 Å². The van der Waals surface area contributed by atoms with E-state index in [0.29, 0.717) is 4.40 Å². The molecule has 0 saturated carbocycles. The molecule has 0 radical (unpaired) electrons. The highest BCUT2D eigenvalue weighted by Gasteiger charge is 2.38. The smallest absolute Gasteiger partial charge is 0.406 e. The fourth-order valence-electron chi connectivity index (χ4n) is 2.48. The molecule has 0 bridgehead atoms. The molecular formula is C15H9F6N3O2. The summed E-state index contributed by atoms with van der Waals surface area (Å²) in [7, 11) is 0. The van der Waals surface area contributed by atoms with Crippen LogP contribution in [-0.4, -0.2) is 26.1 Å². The predicted molar refractivity (Wildman–Crippen MR) is 76.0 cm³/mol. The minimum Gasteiger partial charge on any atom is -0.406 e. The summed E-state index contributed by atoms with van der Waals surface area (Å²) in [5.74, 6) is -1.79. The average Bonchev–Trinajstić information content (AvgIpc) is 2.97. The molecule has 5 nitrogen and oxygen atoms in total. The zero-order chi connectivity index (χ0) is 19.1. The fourth-order valence-corrected chi connectivity index (χ4v) is 2.48. The Morgan fingerprint density at radius 2 is 1.58 bits per heavy atom. The minimum atomic E-state index is -4.86. The number of aliphatic hydroxyl groups excluding tert-OH is 1. The summed E-state index contributed by atoms with van der Waals surface area (Å²) >= 11 is 0. The van der Waals surface area contributed by atoms with E-state index in [9.17, 15) is 31.4 Å².